The molecule has 154 valence electrons. The van der Waals surface area contributed by atoms with Crippen LogP contribution in [-0.2, 0) is 13.6 Å². The van der Waals surface area contributed by atoms with E-state index < -0.39 is 7.60 Å². The fourth-order valence-electron chi connectivity index (χ4n) is 3.51. The smallest absolute Gasteiger partial charge is 0.411 e. The molecule has 1 atom stereocenters. The van der Waals surface area contributed by atoms with Gasteiger partial charge in [-0.25, -0.2) is 4.57 Å². The van der Waals surface area contributed by atoms with Crippen molar-refractivity contribution in [1.29, 1.82) is 0 Å². The lowest BCUT2D eigenvalue weighted by molar-refractivity contribution is 0.279. The quantitative estimate of drug-likeness (QED) is 0.491. The fraction of sp³-hybridized carbons (Fsp3) is 0.167. The van der Waals surface area contributed by atoms with Crippen LogP contribution in [0.5, 0.6) is 11.5 Å². The molecule has 5 nitrogen and oxygen atoms in total. The average Bonchev–Trinajstić information content (AvgIpc) is 2.79. The maximum Gasteiger partial charge on any atom is 0.411 e. The van der Waals surface area contributed by atoms with Gasteiger partial charge in [-0.2, -0.15) is 0 Å². The number of fused-ring (bicyclic) bond motifs is 1. The van der Waals surface area contributed by atoms with Gasteiger partial charge in [-0.3, -0.25) is 4.52 Å². The van der Waals surface area contributed by atoms with Crippen LogP contribution in [0.2, 0.25) is 0 Å². The van der Waals surface area contributed by atoms with Crippen molar-refractivity contribution in [1.82, 2.24) is 0 Å². The SMILES string of the molecule is CCOP1(=O)OC(c2ccc(OC)cc2)=C(c2ccc(OC)cc2)c2ccccc21. The molecule has 6 heteroatoms. The van der Waals surface area contributed by atoms with E-state index in [2.05, 4.69) is 0 Å². The first-order valence-corrected chi connectivity index (χ1v) is 11.2. The molecule has 30 heavy (non-hydrogen) atoms. The molecule has 0 N–H and O–H groups in total. The third kappa shape index (κ3) is 3.62. The summed E-state index contributed by atoms with van der Waals surface area (Å²) in [6.45, 7) is 2.08. The first-order valence-electron chi connectivity index (χ1n) is 9.67. The molecule has 1 aliphatic heterocycles. The molecule has 1 unspecified atom stereocenters. The van der Waals surface area contributed by atoms with Gasteiger partial charge >= 0.3 is 7.60 Å². The van der Waals surface area contributed by atoms with E-state index in [0.717, 1.165) is 33.8 Å². The molecule has 0 bridgehead atoms. The zero-order chi connectivity index (χ0) is 21.1. The second-order valence-corrected chi connectivity index (χ2v) is 8.60. The molecule has 3 aromatic rings. The highest BCUT2D eigenvalue weighted by atomic mass is 31.2. The van der Waals surface area contributed by atoms with Gasteiger partial charge in [0.15, 0.2) is 0 Å². The van der Waals surface area contributed by atoms with Gasteiger partial charge in [-0.15, -0.1) is 0 Å². The van der Waals surface area contributed by atoms with Crippen LogP contribution < -0.4 is 14.8 Å². The van der Waals surface area contributed by atoms with Gasteiger partial charge in [0.2, 0.25) is 0 Å². The first-order chi connectivity index (χ1) is 14.6. The molecule has 0 saturated heterocycles. The van der Waals surface area contributed by atoms with E-state index in [1.165, 1.54) is 0 Å². The Morgan fingerprint density at radius 2 is 1.37 bits per heavy atom. The summed E-state index contributed by atoms with van der Waals surface area (Å²) < 4.78 is 36.1. The van der Waals surface area contributed by atoms with E-state index in [-0.39, 0.29) is 6.61 Å². The third-order valence-corrected chi connectivity index (χ3v) is 6.94. The molecule has 0 saturated carbocycles. The summed E-state index contributed by atoms with van der Waals surface area (Å²) in [5, 5.41) is 0.565. The van der Waals surface area contributed by atoms with Crippen molar-refractivity contribution >= 4 is 24.2 Å². The number of methoxy groups -OCH3 is 2. The van der Waals surface area contributed by atoms with Gasteiger partial charge in [0.1, 0.15) is 17.3 Å². The number of benzene rings is 3. The fourth-order valence-corrected chi connectivity index (χ4v) is 5.33. The van der Waals surface area contributed by atoms with Crippen molar-refractivity contribution in [3.63, 3.8) is 0 Å². The lowest BCUT2D eigenvalue weighted by Crippen LogP contribution is -2.20. The minimum absolute atomic E-state index is 0.277. The molecule has 0 amide bonds. The number of rotatable bonds is 6. The van der Waals surface area contributed by atoms with Crippen molar-refractivity contribution < 1.29 is 23.1 Å². The Bertz CT molecular complexity index is 1120. The first kappa shape index (κ1) is 20.3. The topological polar surface area (TPSA) is 54.0 Å². The van der Waals surface area contributed by atoms with Crippen molar-refractivity contribution in [2.45, 2.75) is 6.92 Å². The van der Waals surface area contributed by atoms with Crippen LogP contribution in [0.4, 0.5) is 0 Å². The van der Waals surface area contributed by atoms with Crippen molar-refractivity contribution in [2.24, 2.45) is 0 Å². The molecule has 4 rings (SSSR count). The third-order valence-electron chi connectivity index (χ3n) is 4.94. The van der Waals surface area contributed by atoms with Crippen LogP contribution >= 0.6 is 7.60 Å². The predicted molar refractivity (Wildman–Crippen MR) is 118 cm³/mol. The highest BCUT2D eigenvalue weighted by Gasteiger charge is 2.39. The normalized spacial score (nSPS) is 17.8. The molecule has 0 spiro atoms. The molecule has 1 aliphatic rings. The van der Waals surface area contributed by atoms with Gasteiger partial charge in [0, 0.05) is 16.7 Å². The maximum atomic E-state index is 13.7. The second-order valence-electron chi connectivity index (χ2n) is 6.68. The Morgan fingerprint density at radius 3 is 1.93 bits per heavy atom. The van der Waals surface area contributed by atoms with Crippen molar-refractivity contribution in [2.75, 3.05) is 20.8 Å². The van der Waals surface area contributed by atoms with Crippen LogP contribution in [0, 0.1) is 0 Å². The Hall–Kier alpha value is -3.01. The Morgan fingerprint density at radius 1 is 0.800 bits per heavy atom. The number of ether oxygens (including phenoxy) is 2. The summed E-state index contributed by atoms with van der Waals surface area (Å²) in [7, 11) is -0.279. The Labute approximate surface area is 176 Å². The van der Waals surface area contributed by atoms with Crippen LogP contribution in [0.15, 0.2) is 72.8 Å². The van der Waals surface area contributed by atoms with E-state index in [0.29, 0.717) is 11.1 Å². The molecular formula is C24H23O5P. The van der Waals surface area contributed by atoms with Crippen molar-refractivity contribution in [3.05, 3.63) is 89.5 Å². The standard InChI is InChI=1S/C24H23O5P/c1-4-28-30(25)22-8-6-5-7-21(22)23(17-9-13-19(26-2)14-10-17)24(29-30)18-11-15-20(27-3)16-12-18/h5-16H,4H2,1-3H3. The minimum atomic E-state index is -3.53. The highest BCUT2D eigenvalue weighted by Crippen LogP contribution is 2.57. The zero-order valence-electron chi connectivity index (χ0n) is 17.1. The van der Waals surface area contributed by atoms with Gasteiger partial charge in [0.05, 0.1) is 26.1 Å². The Balaban J connectivity index is 1.98. The minimum Gasteiger partial charge on any atom is -0.497 e. The van der Waals surface area contributed by atoms with Gasteiger partial charge in [-0.05, 0) is 55.0 Å². The molecule has 1 heterocycles. The van der Waals surface area contributed by atoms with E-state index in [9.17, 15) is 4.57 Å². The summed E-state index contributed by atoms with van der Waals surface area (Å²) in [5.74, 6) is 2.00. The summed E-state index contributed by atoms with van der Waals surface area (Å²) in [4.78, 5) is 0. The highest BCUT2D eigenvalue weighted by molar-refractivity contribution is 7.62. The van der Waals surface area contributed by atoms with Crippen molar-refractivity contribution in [3.8, 4) is 11.5 Å². The van der Waals surface area contributed by atoms with E-state index in [1.54, 1.807) is 27.2 Å². The lowest BCUT2D eigenvalue weighted by Gasteiger charge is -2.30. The van der Waals surface area contributed by atoms with Crippen LogP contribution in [0.1, 0.15) is 23.6 Å². The second kappa shape index (κ2) is 8.39. The average molecular weight is 422 g/mol. The summed E-state index contributed by atoms with van der Waals surface area (Å²) in [6, 6.07) is 22.7. The summed E-state index contributed by atoms with van der Waals surface area (Å²) >= 11 is 0. The van der Waals surface area contributed by atoms with Gasteiger partial charge < -0.3 is 14.0 Å². The van der Waals surface area contributed by atoms with E-state index in [4.69, 9.17) is 18.5 Å². The largest absolute Gasteiger partial charge is 0.497 e. The predicted octanol–water partition coefficient (Wildman–Crippen LogP) is 5.51. The number of hydrogen-bond donors (Lipinski definition) is 0. The van der Waals surface area contributed by atoms with Crippen LogP contribution in [0.25, 0.3) is 11.3 Å². The maximum absolute atomic E-state index is 13.7. The summed E-state index contributed by atoms with van der Waals surface area (Å²) in [6.07, 6.45) is 0. The van der Waals surface area contributed by atoms with E-state index >= 15 is 0 Å². The molecule has 0 aromatic heterocycles. The molecule has 0 aliphatic carbocycles. The van der Waals surface area contributed by atoms with Crippen LogP contribution in [-0.4, -0.2) is 20.8 Å². The van der Waals surface area contributed by atoms with Gasteiger partial charge in [0.25, 0.3) is 0 Å². The molecule has 3 aromatic carbocycles. The Kier molecular flexibility index (Phi) is 5.67. The molecule has 0 radical (unpaired) electrons. The van der Waals surface area contributed by atoms with E-state index in [1.807, 2.05) is 66.7 Å². The zero-order valence-corrected chi connectivity index (χ0v) is 18.0. The monoisotopic (exact) mass is 422 g/mol. The van der Waals surface area contributed by atoms with Crippen LogP contribution in [0.3, 0.4) is 0 Å². The van der Waals surface area contributed by atoms with Gasteiger partial charge in [-0.1, -0.05) is 30.3 Å². The molecule has 0 fully saturated rings. The molecular weight excluding hydrogens is 399 g/mol. The number of hydrogen-bond acceptors (Lipinski definition) is 5. The summed E-state index contributed by atoms with van der Waals surface area (Å²) in [5.41, 5.74) is 3.40. The lowest BCUT2D eigenvalue weighted by atomic mass is 9.94.